The van der Waals surface area contributed by atoms with Gasteiger partial charge in [-0.1, -0.05) is 60.7 Å². The quantitative estimate of drug-likeness (QED) is 0.663. The van der Waals surface area contributed by atoms with E-state index >= 15 is 0 Å². The molecule has 136 valence electrons. The first-order chi connectivity index (χ1) is 13.2. The van der Waals surface area contributed by atoms with Gasteiger partial charge in [0, 0.05) is 5.69 Å². The lowest BCUT2D eigenvalue weighted by Crippen LogP contribution is -2.33. The van der Waals surface area contributed by atoms with Crippen LogP contribution in [0.2, 0.25) is 0 Å². The molecular formula is C22H20N2O3. The summed E-state index contributed by atoms with van der Waals surface area (Å²) in [5, 5.41) is 5.80. The molecule has 0 spiro atoms. The van der Waals surface area contributed by atoms with Crippen molar-refractivity contribution >= 4 is 17.7 Å². The molecule has 5 nitrogen and oxygen atoms in total. The van der Waals surface area contributed by atoms with Gasteiger partial charge >= 0.3 is 12.0 Å². The molecule has 0 aliphatic rings. The Morgan fingerprint density at radius 3 is 1.78 bits per heavy atom. The number of hydrogen-bond acceptors (Lipinski definition) is 3. The van der Waals surface area contributed by atoms with E-state index in [1.165, 1.54) is 7.11 Å². The summed E-state index contributed by atoms with van der Waals surface area (Å²) in [6.45, 7) is 0. The highest BCUT2D eigenvalue weighted by Gasteiger charge is 2.16. The maximum atomic E-state index is 12.5. The fraction of sp³-hybridized carbons (Fsp3) is 0.0909. The molecule has 3 aromatic carbocycles. The Morgan fingerprint density at radius 2 is 1.30 bits per heavy atom. The van der Waals surface area contributed by atoms with E-state index in [2.05, 4.69) is 15.4 Å². The number of carbonyl (C=O) groups is 2. The van der Waals surface area contributed by atoms with Gasteiger partial charge < -0.3 is 15.4 Å². The van der Waals surface area contributed by atoms with E-state index < -0.39 is 5.97 Å². The van der Waals surface area contributed by atoms with Crippen LogP contribution in [0.25, 0.3) is 0 Å². The Hall–Kier alpha value is -3.60. The second-order valence-corrected chi connectivity index (χ2v) is 5.92. The molecule has 0 atom stereocenters. The number of esters is 1. The minimum atomic E-state index is -0.417. The second kappa shape index (κ2) is 8.67. The predicted molar refractivity (Wildman–Crippen MR) is 105 cm³/mol. The summed E-state index contributed by atoms with van der Waals surface area (Å²) < 4.78 is 4.67. The zero-order chi connectivity index (χ0) is 19.1. The van der Waals surface area contributed by atoms with Gasteiger partial charge in [0.15, 0.2) is 0 Å². The summed E-state index contributed by atoms with van der Waals surface area (Å²) in [5.74, 6) is -0.417. The number of anilines is 1. The number of rotatable bonds is 5. The van der Waals surface area contributed by atoms with Crippen molar-refractivity contribution in [1.82, 2.24) is 5.32 Å². The highest BCUT2D eigenvalue weighted by Crippen LogP contribution is 2.22. The van der Waals surface area contributed by atoms with Crippen molar-refractivity contribution < 1.29 is 14.3 Å². The van der Waals surface area contributed by atoms with Gasteiger partial charge in [0.2, 0.25) is 0 Å². The minimum Gasteiger partial charge on any atom is -0.465 e. The third kappa shape index (κ3) is 4.73. The Kier molecular flexibility index (Phi) is 5.84. The van der Waals surface area contributed by atoms with Crippen LogP contribution in [0.4, 0.5) is 10.5 Å². The van der Waals surface area contributed by atoms with Crippen molar-refractivity contribution in [2.45, 2.75) is 6.04 Å². The zero-order valence-corrected chi connectivity index (χ0v) is 14.9. The summed E-state index contributed by atoms with van der Waals surface area (Å²) >= 11 is 0. The largest absolute Gasteiger partial charge is 0.465 e. The summed E-state index contributed by atoms with van der Waals surface area (Å²) in [4.78, 5) is 24.0. The molecule has 0 saturated carbocycles. The summed E-state index contributed by atoms with van der Waals surface area (Å²) in [6.07, 6.45) is 0. The van der Waals surface area contributed by atoms with Gasteiger partial charge in [0.05, 0.1) is 18.7 Å². The molecule has 0 unspecified atom stereocenters. The second-order valence-electron chi connectivity index (χ2n) is 5.92. The Morgan fingerprint density at radius 1 is 0.778 bits per heavy atom. The number of hydrogen-bond donors (Lipinski definition) is 2. The summed E-state index contributed by atoms with van der Waals surface area (Å²) in [7, 11) is 1.33. The number of carbonyl (C=O) groups excluding carboxylic acids is 2. The van der Waals surface area contributed by atoms with Crippen LogP contribution < -0.4 is 10.6 Å². The summed E-state index contributed by atoms with van der Waals surface area (Å²) in [5.41, 5.74) is 2.98. The molecule has 0 aliphatic carbocycles. The highest BCUT2D eigenvalue weighted by atomic mass is 16.5. The van der Waals surface area contributed by atoms with Crippen LogP contribution >= 0.6 is 0 Å². The van der Waals surface area contributed by atoms with E-state index in [1.807, 2.05) is 60.7 Å². The smallest absolute Gasteiger partial charge is 0.337 e. The molecule has 0 aromatic heterocycles. The number of amides is 2. The third-order valence-electron chi connectivity index (χ3n) is 4.11. The zero-order valence-electron chi connectivity index (χ0n) is 14.9. The standard InChI is InChI=1S/C22H20N2O3/c1-27-21(25)18-12-14-19(15-13-18)23-22(26)24-20(16-8-4-2-5-9-16)17-10-6-3-7-11-17/h2-15,20H,1H3,(H2,23,24,26). The van der Waals surface area contributed by atoms with Gasteiger partial charge in [0.25, 0.3) is 0 Å². The van der Waals surface area contributed by atoms with Gasteiger partial charge in [-0.3, -0.25) is 0 Å². The van der Waals surface area contributed by atoms with Crippen LogP contribution in [0.15, 0.2) is 84.9 Å². The first-order valence-electron chi connectivity index (χ1n) is 8.53. The number of methoxy groups -OCH3 is 1. The molecule has 3 aromatic rings. The lowest BCUT2D eigenvalue weighted by molar-refractivity contribution is 0.0600. The molecule has 2 N–H and O–H groups in total. The van der Waals surface area contributed by atoms with Crippen molar-refractivity contribution in [1.29, 1.82) is 0 Å². The Bertz CT molecular complexity index is 854. The van der Waals surface area contributed by atoms with Gasteiger partial charge in [0.1, 0.15) is 0 Å². The maximum absolute atomic E-state index is 12.5. The maximum Gasteiger partial charge on any atom is 0.337 e. The molecular weight excluding hydrogens is 340 g/mol. The minimum absolute atomic E-state index is 0.276. The van der Waals surface area contributed by atoms with Crippen molar-refractivity contribution in [3.05, 3.63) is 102 Å². The molecule has 0 saturated heterocycles. The lowest BCUT2D eigenvalue weighted by Gasteiger charge is -2.20. The van der Waals surface area contributed by atoms with E-state index in [0.717, 1.165) is 11.1 Å². The van der Waals surface area contributed by atoms with Crippen LogP contribution in [0.3, 0.4) is 0 Å². The monoisotopic (exact) mass is 360 g/mol. The normalized spacial score (nSPS) is 10.3. The molecule has 5 heteroatoms. The number of nitrogens with one attached hydrogen (secondary N) is 2. The predicted octanol–water partition coefficient (Wildman–Crippen LogP) is 4.38. The number of ether oxygens (including phenoxy) is 1. The molecule has 0 aliphatic heterocycles. The molecule has 0 fully saturated rings. The van der Waals surface area contributed by atoms with E-state index in [4.69, 9.17) is 0 Å². The average Bonchev–Trinajstić information content (AvgIpc) is 2.73. The number of urea groups is 1. The van der Waals surface area contributed by atoms with Gasteiger partial charge in [-0.05, 0) is 35.4 Å². The highest BCUT2D eigenvalue weighted by molar-refractivity contribution is 5.92. The van der Waals surface area contributed by atoms with Crippen LogP contribution in [0.5, 0.6) is 0 Å². The topological polar surface area (TPSA) is 67.4 Å². The van der Waals surface area contributed by atoms with E-state index in [0.29, 0.717) is 11.3 Å². The summed E-state index contributed by atoms with van der Waals surface area (Å²) in [6, 6.07) is 25.5. The SMILES string of the molecule is COC(=O)c1ccc(NC(=O)NC(c2ccccc2)c2ccccc2)cc1. The van der Waals surface area contributed by atoms with Gasteiger partial charge in [-0.2, -0.15) is 0 Å². The molecule has 2 amide bonds. The first kappa shape index (κ1) is 18.2. The fourth-order valence-corrected chi connectivity index (χ4v) is 2.76. The van der Waals surface area contributed by atoms with Crippen molar-refractivity contribution in [3.63, 3.8) is 0 Å². The van der Waals surface area contributed by atoms with Gasteiger partial charge in [-0.15, -0.1) is 0 Å². The Labute approximate surface area is 158 Å². The fourth-order valence-electron chi connectivity index (χ4n) is 2.76. The molecule has 27 heavy (non-hydrogen) atoms. The van der Waals surface area contributed by atoms with Crippen molar-refractivity contribution in [3.8, 4) is 0 Å². The number of benzene rings is 3. The molecule has 0 bridgehead atoms. The molecule has 0 heterocycles. The first-order valence-corrected chi connectivity index (χ1v) is 8.53. The van der Waals surface area contributed by atoms with E-state index in [-0.39, 0.29) is 12.1 Å². The van der Waals surface area contributed by atoms with Crippen LogP contribution in [-0.4, -0.2) is 19.1 Å². The average molecular weight is 360 g/mol. The van der Waals surface area contributed by atoms with Crippen molar-refractivity contribution in [2.24, 2.45) is 0 Å². The van der Waals surface area contributed by atoms with Crippen LogP contribution in [-0.2, 0) is 4.74 Å². The van der Waals surface area contributed by atoms with Crippen LogP contribution in [0, 0.1) is 0 Å². The Balaban J connectivity index is 1.74. The van der Waals surface area contributed by atoms with Gasteiger partial charge in [-0.25, -0.2) is 9.59 Å². The van der Waals surface area contributed by atoms with E-state index in [9.17, 15) is 9.59 Å². The van der Waals surface area contributed by atoms with Crippen LogP contribution in [0.1, 0.15) is 27.5 Å². The molecule has 0 radical (unpaired) electrons. The third-order valence-corrected chi connectivity index (χ3v) is 4.11. The van der Waals surface area contributed by atoms with Crippen molar-refractivity contribution in [2.75, 3.05) is 12.4 Å². The molecule has 3 rings (SSSR count). The lowest BCUT2D eigenvalue weighted by atomic mass is 9.99. The van der Waals surface area contributed by atoms with E-state index in [1.54, 1.807) is 24.3 Å².